The summed E-state index contributed by atoms with van der Waals surface area (Å²) in [5, 5.41) is 2.77. The van der Waals surface area contributed by atoms with Gasteiger partial charge in [0.15, 0.2) is 0 Å². The van der Waals surface area contributed by atoms with Crippen molar-refractivity contribution in [2.75, 3.05) is 11.1 Å². The highest BCUT2D eigenvalue weighted by molar-refractivity contribution is 7.99. The molecule has 0 spiro atoms. The number of carbonyl (C=O) groups is 1. The maximum Gasteiger partial charge on any atom is 0.417 e. The summed E-state index contributed by atoms with van der Waals surface area (Å²) in [5.74, 6) is -0.929. The number of rotatable bonds is 4. The van der Waals surface area contributed by atoms with E-state index in [0.29, 0.717) is 16.9 Å². The van der Waals surface area contributed by atoms with E-state index in [4.69, 9.17) is 0 Å². The quantitative estimate of drug-likeness (QED) is 0.681. The molecule has 0 saturated carbocycles. The van der Waals surface area contributed by atoms with Crippen molar-refractivity contribution in [1.29, 1.82) is 0 Å². The van der Waals surface area contributed by atoms with Crippen LogP contribution in [-0.2, 0) is 11.0 Å². The standard InChI is InChI=1S/C14H10F4N2OS/c15-10-2-1-3-11(6-10)20-12(21)8-22-13-5-4-9(7-19-13)14(16,17)18/h1-7H,8H2,(H,20,21). The monoisotopic (exact) mass is 330 g/mol. The van der Waals surface area contributed by atoms with Gasteiger partial charge < -0.3 is 5.32 Å². The fourth-order valence-electron chi connectivity index (χ4n) is 1.54. The number of halogens is 4. The summed E-state index contributed by atoms with van der Waals surface area (Å²) in [5.41, 5.74) is -0.535. The summed E-state index contributed by atoms with van der Waals surface area (Å²) in [6.45, 7) is 0. The van der Waals surface area contributed by atoms with Gasteiger partial charge in [-0.2, -0.15) is 13.2 Å². The van der Waals surface area contributed by atoms with Crippen LogP contribution in [0.1, 0.15) is 5.56 Å². The lowest BCUT2D eigenvalue weighted by Crippen LogP contribution is -2.14. The van der Waals surface area contributed by atoms with E-state index in [9.17, 15) is 22.4 Å². The Kier molecular flexibility index (Phi) is 5.02. The number of pyridine rings is 1. The van der Waals surface area contributed by atoms with Crippen molar-refractivity contribution in [2.45, 2.75) is 11.2 Å². The Labute approximate surface area is 127 Å². The van der Waals surface area contributed by atoms with Gasteiger partial charge in [0.05, 0.1) is 16.3 Å². The van der Waals surface area contributed by atoms with E-state index in [1.165, 1.54) is 30.3 Å². The first-order valence-corrected chi connectivity index (χ1v) is 7.04. The normalized spacial score (nSPS) is 11.3. The molecule has 1 aromatic carbocycles. The van der Waals surface area contributed by atoms with Gasteiger partial charge in [0.25, 0.3) is 0 Å². The Morgan fingerprint density at radius 1 is 1.23 bits per heavy atom. The first-order chi connectivity index (χ1) is 10.3. The van der Waals surface area contributed by atoms with E-state index >= 15 is 0 Å². The SMILES string of the molecule is O=C(CSc1ccc(C(F)(F)F)cn1)Nc1cccc(F)c1. The van der Waals surface area contributed by atoms with Gasteiger partial charge in [-0.3, -0.25) is 4.79 Å². The van der Waals surface area contributed by atoms with Gasteiger partial charge in [-0.1, -0.05) is 17.8 Å². The van der Waals surface area contributed by atoms with E-state index in [0.717, 1.165) is 17.8 Å². The summed E-state index contributed by atoms with van der Waals surface area (Å²) in [4.78, 5) is 15.3. The van der Waals surface area contributed by atoms with Crippen molar-refractivity contribution in [1.82, 2.24) is 4.98 Å². The van der Waals surface area contributed by atoms with Crippen LogP contribution in [0, 0.1) is 5.82 Å². The molecule has 8 heteroatoms. The highest BCUT2D eigenvalue weighted by Gasteiger charge is 2.30. The zero-order valence-electron chi connectivity index (χ0n) is 11.0. The second-order valence-corrected chi connectivity index (χ2v) is 5.23. The van der Waals surface area contributed by atoms with Gasteiger partial charge in [0.1, 0.15) is 5.82 Å². The Hall–Kier alpha value is -2.09. The van der Waals surface area contributed by atoms with Crippen LogP contribution < -0.4 is 5.32 Å². The summed E-state index contributed by atoms with van der Waals surface area (Å²) in [7, 11) is 0. The molecule has 0 unspecified atom stereocenters. The number of hydrogen-bond donors (Lipinski definition) is 1. The summed E-state index contributed by atoms with van der Waals surface area (Å²) >= 11 is 0.987. The van der Waals surface area contributed by atoms with E-state index < -0.39 is 23.5 Å². The highest BCUT2D eigenvalue weighted by Crippen LogP contribution is 2.29. The van der Waals surface area contributed by atoms with Crippen molar-refractivity contribution >= 4 is 23.4 Å². The first kappa shape index (κ1) is 16.3. The van der Waals surface area contributed by atoms with Gasteiger partial charge >= 0.3 is 6.18 Å². The average molecular weight is 330 g/mol. The molecule has 1 heterocycles. The van der Waals surface area contributed by atoms with E-state index in [1.807, 2.05) is 0 Å². The topological polar surface area (TPSA) is 42.0 Å². The van der Waals surface area contributed by atoms with Gasteiger partial charge in [0, 0.05) is 11.9 Å². The molecule has 0 aliphatic rings. The lowest BCUT2D eigenvalue weighted by Gasteiger charge is -2.07. The molecule has 0 saturated heterocycles. The lowest BCUT2D eigenvalue weighted by molar-refractivity contribution is -0.137. The molecule has 0 fully saturated rings. The number of nitrogens with zero attached hydrogens (tertiary/aromatic N) is 1. The van der Waals surface area contributed by atoms with Gasteiger partial charge in [-0.05, 0) is 30.3 Å². The van der Waals surface area contributed by atoms with Crippen LogP contribution in [0.3, 0.4) is 0 Å². The van der Waals surface area contributed by atoms with Crippen LogP contribution in [0.15, 0.2) is 47.6 Å². The summed E-state index contributed by atoms with van der Waals surface area (Å²) in [6, 6.07) is 7.50. The summed E-state index contributed by atoms with van der Waals surface area (Å²) < 4.78 is 50.0. The molecule has 0 aliphatic heterocycles. The molecule has 0 aliphatic carbocycles. The number of thioether (sulfide) groups is 1. The van der Waals surface area contributed by atoms with Crippen LogP contribution >= 0.6 is 11.8 Å². The van der Waals surface area contributed by atoms with E-state index in [1.54, 1.807) is 0 Å². The van der Waals surface area contributed by atoms with Crippen LogP contribution in [0.2, 0.25) is 0 Å². The molecule has 3 nitrogen and oxygen atoms in total. The van der Waals surface area contributed by atoms with Crippen molar-refractivity contribution < 1.29 is 22.4 Å². The fourth-order valence-corrected chi connectivity index (χ4v) is 2.18. The number of hydrogen-bond acceptors (Lipinski definition) is 3. The fraction of sp³-hybridized carbons (Fsp3) is 0.143. The zero-order valence-corrected chi connectivity index (χ0v) is 11.8. The minimum Gasteiger partial charge on any atom is -0.325 e. The minimum atomic E-state index is -4.44. The maximum absolute atomic E-state index is 12.9. The largest absolute Gasteiger partial charge is 0.417 e. The van der Waals surface area contributed by atoms with E-state index in [2.05, 4.69) is 10.3 Å². The predicted molar refractivity (Wildman–Crippen MR) is 75.0 cm³/mol. The van der Waals surface area contributed by atoms with Crippen LogP contribution in [0.4, 0.5) is 23.2 Å². The molecule has 1 N–H and O–H groups in total. The molecular weight excluding hydrogens is 320 g/mol. The molecule has 0 radical (unpaired) electrons. The number of alkyl halides is 3. The average Bonchev–Trinajstić information content (AvgIpc) is 2.45. The molecule has 22 heavy (non-hydrogen) atoms. The van der Waals surface area contributed by atoms with Crippen molar-refractivity contribution in [3.05, 3.63) is 54.0 Å². The number of anilines is 1. The van der Waals surface area contributed by atoms with Crippen molar-refractivity contribution in [3.8, 4) is 0 Å². The third kappa shape index (κ3) is 4.73. The Morgan fingerprint density at radius 3 is 2.59 bits per heavy atom. The van der Waals surface area contributed by atoms with Crippen molar-refractivity contribution in [2.24, 2.45) is 0 Å². The Morgan fingerprint density at radius 2 is 2.00 bits per heavy atom. The third-order valence-electron chi connectivity index (χ3n) is 2.52. The number of benzene rings is 1. The molecule has 1 amide bonds. The molecular formula is C14H10F4N2OS. The smallest absolute Gasteiger partial charge is 0.325 e. The number of aromatic nitrogens is 1. The molecule has 0 bridgehead atoms. The Bertz CT molecular complexity index is 659. The molecule has 1 aromatic heterocycles. The lowest BCUT2D eigenvalue weighted by atomic mass is 10.3. The predicted octanol–water partition coefficient (Wildman–Crippen LogP) is 3.97. The second kappa shape index (κ2) is 6.78. The van der Waals surface area contributed by atoms with Crippen molar-refractivity contribution in [3.63, 3.8) is 0 Å². The molecule has 2 rings (SSSR count). The molecule has 0 atom stereocenters. The van der Waals surface area contributed by atoms with Crippen LogP contribution in [0.5, 0.6) is 0 Å². The number of amides is 1. The van der Waals surface area contributed by atoms with Crippen LogP contribution in [-0.4, -0.2) is 16.6 Å². The van der Waals surface area contributed by atoms with Gasteiger partial charge in [0.2, 0.25) is 5.91 Å². The van der Waals surface area contributed by atoms with Gasteiger partial charge in [-0.25, -0.2) is 9.37 Å². The molecule has 2 aromatic rings. The molecule has 116 valence electrons. The summed E-state index contributed by atoms with van der Waals surface area (Å²) in [6.07, 6.45) is -3.72. The number of carbonyl (C=O) groups excluding carboxylic acids is 1. The Balaban J connectivity index is 1.88. The van der Waals surface area contributed by atoms with E-state index in [-0.39, 0.29) is 5.75 Å². The first-order valence-electron chi connectivity index (χ1n) is 6.06. The third-order valence-corrected chi connectivity index (χ3v) is 3.47. The zero-order chi connectivity index (χ0) is 16.2. The second-order valence-electron chi connectivity index (χ2n) is 4.23. The highest BCUT2D eigenvalue weighted by atomic mass is 32.2. The van der Waals surface area contributed by atoms with Crippen LogP contribution in [0.25, 0.3) is 0 Å². The minimum absolute atomic E-state index is 0.0467. The maximum atomic E-state index is 12.9. The number of nitrogens with one attached hydrogen (secondary N) is 1. The van der Waals surface area contributed by atoms with Gasteiger partial charge in [-0.15, -0.1) is 0 Å².